The van der Waals surface area contributed by atoms with Crippen LogP contribution >= 0.6 is 12.2 Å². The van der Waals surface area contributed by atoms with Crippen molar-refractivity contribution in [1.82, 2.24) is 10.3 Å². The largest absolute Gasteiger partial charge is 0.494 e. The van der Waals surface area contributed by atoms with E-state index in [0.29, 0.717) is 40.1 Å². The van der Waals surface area contributed by atoms with Crippen molar-refractivity contribution in [3.05, 3.63) is 101 Å². The molecule has 2 aromatic heterocycles. The molecule has 0 aliphatic carbocycles. The predicted octanol–water partition coefficient (Wildman–Crippen LogP) is 5.78. The molecule has 39 heavy (non-hydrogen) atoms. The molecule has 3 heterocycles. The molecule has 2 aromatic carbocycles. The number of nitro groups is 1. The van der Waals surface area contributed by atoms with Gasteiger partial charge in [-0.05, 0) is 48.6 Å². The van der Waals surface area contributed by atoms with Crippen molar-refractivity contribution in [3.8, 4) is 17.1 Å². The molecule has 1 amide bonds. The van der Waals surface area contributed by atoms with E-state index in [1.54, 1.807) is 43.5 Å². The standard InChI is InChI=1S/C28H25N5O5S/c1-3-25(34)30-20-11-10-18(16-24(20)37-2)32-27(26(31-28(32)39)21-9-4-5-14-29-21)23-13-12-22(38-23)17-7-6-8-19(15-17)33(35)36/h4-16,26-27H,3H2,1-2H3,(H,30,34)(H,31,39). The van der Waals surface area contributed by atoms with Gasteiger partial charge in [0.25, 0.3) is 5.69 Å². The monoisotopic (exact) mass is 543 g/mol. The zero-order chi connectivity index (χ0) is 27.5. The number of thiocarbonyl (C=S) groups is 1. The minimum atomic E-state index is -0.444. The Hall–Kier alpha value is -4.77. The molecule has 1 aliphatic heterocycles. The smallest absolute Gasteiger partial charge is 0.270 e. The number of amides is 1. The first-order valence-electron chi connectivity index (χ1n) is 12.2. The van der Waals surface area contributed by atoms with Crippen molar-refractivity contribution in [2.45, 2.75) is 25.4 Å². The molecule has 4 aromatic rings. The molecule has 11 heteroatoms. The second-order valence-electron chi connectivity index (χ2n) is 8.79. The van der Waals surface area contributed by atoms with E-state index < -0.39 is 11.0 Å². The number of benzene rings is 2. The molecule has 5 rings (SSSR count). The number of furan rings is 1. The molecule has 198 valence electrons. The van der Waals surface area contributed by atoms with Gasteiger partial charge in [0.1, 0.15) is 23.3 Å². The fourth-order valence-electron chi connectivity index (χ4n) is 4.53. The van der Waals surface area contributed by atoms with Crippen LogP contribution in [0, 0.1) is 10.1 Å². The molecule has 1 aliphatic rings. The zero-order valence-electron chi connectivity index (χ0n) is 21.2. The first-order valence-corrected chi connectivity index (χ1v) is 12.6. The van der Waals surface area contributed by atoms with Crippen LogP contribution in [-0.4, -0.2) is 28.0 Å². The minimum absolute atomic E-state index is 0.0236. The third-order valence-corrected chi connectivity index (χ3v) is 6.73. The Morgan fingerprint density at radius 2 is 2.03 bits per heavy atom. The van der Waals surface area contributed by atoms with Gasteiger partial charge in [0.05, 0.1) is 29.5 Å². The van der Waals surface area contributed by atoms with Crippen LogP contribution in [0.15, 0.2) is 83.4 Å². The van der Waals surface area contributed by atoms with E-state index in [1.807, 2.05) is 35.2 Å². The minimum Gasteiger partial charge on any atom is -0.494 e. The molecule has 2 unspecified atom stereocenters. The van der Waals surface area contributed by atoms with Gasteiger partial charge in [-0.25, -0.2) is 0 Å². The number of anilines is 2. The molecule has 0 spiro atoms. The Morgan fingerprint density at radius 1 is 1.18 bits per heavy atom. The first-order chi connectivity index (χ1) is 18.9. The summed E-state index contributed by atoms with van der Waals surface area (Å²) in [6.07, 6.45) is 2.05. The van der Waals surface area contributed by atoms with E-state index in [0.717, 1.165) is 11.4 Å². The lowest BCUT2D eigenvalue weighted by Crippen LogP contribution is -2.29. The quantitative estimate of drug-likeness (QED) is 0.162. The number of rotatable bonds is 8. The molecule has 1 fully saturated rings. The van der Waals surface area contributed by atoms with Crippen molar-refractivity contribution in [3.63, 3.8) is 0 Å². The Balaban J connectivity index is 1.57. The molecule has 0 radical (unpaired) electrons. The third-order valence-electron chi connectivity index (χ3n) is 6.42. The molecule has 0 bridgehead atoms. The predicted molar refractivity (Wildman–Crippen MR) is 151 cm³/mol. The van der Waals surface area contributed by atoms with E-state index in [4.69, 9.17) is 21.4 Å². The van der Waals surface area contributed by atoms with Crippen LogP contribution in [0.4, 0.5) is 17.1 Å². The van der Waals surface area contributed by atoms with Gasteiger partial charge in [0.15, 0.2) is 5.11 Å². The van der Waals surface area contributed by atoms with Crippen LogP contribution < -0.4 is 20.3 Å². The second kappa shape index (κ2) is 10.9. The van der Waals surface area contributed by atoms with Gasteiger partial charge >= 0.3 is 0 Å². The Bertz CT molecular complexity index is 1540. The average Bonchev–Trinajstić information content (AvgIpc) is 3.58. The van der Waals surface area contributed by atoms with Crippen LogP contribution in [0.2, 0.25) is 0 Å². The summed E-state index contributed by atoms with van der Waals surface area (Å²) in [6.45, 7) is 1.78. The van der Waals surface area contributed by atoms with Crippen LogP contribution in [0.1, 0.15) is 36.9 Å². The number of pyridine rings is 1. The maximum absolute atomic E-state index is 12.0. The fourth-order valence-corrected chi connectivity index (χ4v) is 4.88. The van der Waals surface area contributed by atoms with Gasteiger partial charge in [-0.3, -0.25) is 19.9 Å². The Morgan fingerprint density at radius 3 is 2.74 bits per heavy atom. The van der Waals surface area contributed by atoms with Crippen molar-refractivity contribution in [2.24, 2.45) is 0 Å². The number of hydrogen-bond acceptors (Lipinski definition) is 7. The number of non-ortho nitro benzene ring substituents is 1. The lowest BCUT2D eigenvalue weighted by atomic mass is 10.0. The van der Waals surface area contributed by atoms with E-state index >= 15 is 0 Å². The number of ether oxygens (including phenoxy) is 1. The first kappa shape index (κ1) is 25.9. The van der Waals surface area contributed by atoms with Gasteiger partial charge in [0, 0.05) is 42.1 Å². The normalized spacial score (nSPS) is 16.6. The number of carbonyl (C=O) groups is 1. The Labute approximate surface area is 229 Å². The fraction of sp³-hybridized carbons (Fsp3) is 0.179. The maximum Gasteiger partial charge on any atom is 0.270 e. The number of carbonyl (C=O) groups excluding carboxylic acids is 1. The summed E-state index contributed by atoms with van der Waals surface area (Å²) in [6, 6.07) is 20.2. The third kappa shape index (κ3) is 5.16. The molecule has 1 saturated heterocycles. The average molecular weight is 544 g/mol. The SMILES string of the molecule is CCC(=O)Nc1ccc(N2C(=S)NC(c3ccccn3)C2c2ccc(-c3cccc([N+](=O)[O-])c3)o2)cc1OC. The van der Waals surface area contributed by atoms with Gasteiger partial charge < -0.3 is 24.7 Å². The zero-order valence-corrected chi connectivity index (χ0v) is 22.0. The topological polar surface area (TPSA) is 123 Å². The van der Waals surface area contributed by atoms with Crippen molar-refractivity contribution in [1.29, 1.82) is 0 Å². The van der Waals surface area contributed by atoms with E-state index in [9.17, 15) is 14.9 Å². The van der Waals surface area contributed by atoms with Crippen LogP contribution in [0.25, 0.3) is 11.3 Å². The lowest BCUT2D eigenvalue weighted by molar-refractivity contribution is -0.384. The summed E-state index contributed by atoms with van der Waals surface area (Å²) in [4.78, 5) is 29.3. The number of hydrogen-bond donors (Lipinski definition) is 2. The van der Waals surface area contributed by atoms with Gasteiger partial charge in [0.2, 0.25) is 5.91 Å². The van der Waals surface area contributed by atoms with Gasteiger partial charge in [-0.1, -0.05) is 25.1 Å². The van der Waals surface area contributed by atoms with E-state index in [2.05, 4.69) is 15.6 Å². The van der Waals surface area contributed by atoms with E-state index in [1.165, 1.54) is 19.2 Å². The van der Waals surface area contributed by atoms with Gasteiger partial charge in [-0.2, -0.15) is 0 Å². The van der Waals surface area contributed by atoms with Crippen molar-refractivity contribution >= 4 is 40.3 Å². The van der Waals surface area contributed by atoms with Crippen LogP contribution in [-0.2, 0) is 4.79 Å². The highest BCUT2D eigenvalue weighted by atomic mass is 32.1. The van der Waals surface area contributed by atoms with Gasteiger partial charge in [-0.15, -0.1) is 0 Å². The number of nitro benzene ring substituents is 1. The van der Waals surface area contributed by atoms with Crippen molar-refractivity contribution < 1.29 is 18.9 Å². The number of aromatic nitrogens is 1. The Kier molecular flexibility index (Phi) is 7.24. The summed E-state index contributed by atoms with van der Waals surface area (Å²) < 4.78 is 11.9. The summed E-state index contributed by atoms with van der Waals surface area (Å²) in [5.74, 6) is 1.42. The van der Waals surface area contributed by atoms with Crippen molar-refractivity contribution in [2.75, 3.05) is 17.3 Å². The highest BCUT2D eigenvalue weighted by Crippen LogP contribution is 2.44. The summed E-state index contributed by atoms with van der Waals surface area (Å²) in [7, 11) is 1.54. The summed E-state index contributed by atoms with van der Waals surface area (Å²) in [5, 5.41) is 18.0. The highest BCUT2D eigenvalue weighted by molar-refractivity contribution is 7.80. The number of nitrogens with zero attached hydrogens (tertiary/aromatic N) is 3. The number of methoxy groups -OCH3 is 1. The second-order valence-corrected chi connectivity index (χ2v) is 9.18. The molecule has 2 N–H and O–H groups in total. The van der Waals surface area contributed by atoms with E-state index in [-0.39, 0.29) is 17.6 Å². The summed E-state index contributed by atoms with van der Waals surface area (Å²) in [5.41, 5.74) is 2.59. The molecule has 0 saturated carbocycles. The number of nitrogens with one attached hydrogen (secondary N) is 2. The van der Waals surface area contributed by atoms with Crippen LogP contribution in [0.3, 0.4) is 0 Å². The lowest BCUT2D eigenvalue weighted by Gasteiger charge is -2.27. The maximum atomic E-state index is 12.0. The van der Waals surface area contributed by atoms with Crippen LogP contribution in [0.5, 0.6) is 5.75 Å². The molecular formula is C28H25N5O5S. The molecule has 10 nitrogen and oxygen atoms in total. The highest BCUT2D eigenvalue weighted by Gasteiger charge is 2.43. The molecular weight excluding hydrogens is 518 g/mol. The summed E-state index contributed by atoms with van der Waals surface area (Å²) >= 11 is 5.78. The molecule has 2 atom stereocenters.